The van der Waals surface area contributed by atoms with Crippen LogP contribution in [0.4, 0.5) is 0 Å². The van der Waals surface area contributed by atoms with E-state index < -0.39 is 26.5 Å². The number of hydrogen-bond acceptors (Lipinski definition) is 7. The molecule has 0 fully saturated rings. The molecule has 10 heteroatoms. The number of phosphoric ester groups is 1. The van der Waals surface area contributed by atoms with Gasteiger partial charge >= 0.3 is 19.8 Å². The van der Waals surface area contributed by atoms with Crippen molar-refractivity contribution in [1.29, 1.82) is 0 Å². The number of nitrogens with zero attached hydrogens (tertiary/aromatic N) is 1. The Bertz CT molecular complexity index is 1230. The summed E-state index contributed by atoms with van der Waals surface area (Å²) in [6, 6.07) is 0. The van der Waals surface area contributed by atoms with E-state index in [9.17, 15) is 19.0 Å². The van der Waals surface area contributed by atoms with Gasteiger partial charge in [0, 0.05) is 12.8 Å². The SMILES string of the molecule is CC/C=C\C/C=C\C/C=C\C/C=C\CCCCCCCCCCCCCCCCCCCCC(=O)OC(COC(=O)CCCCCCCCCCC)COP(=O)(O)OCC[N+](C)(C)C. The number of allylic oxidation sites excluding steroid dienone is 8. The lowest BCUT2D eigenvalue weighted by Crippen LogP contribution is -2.37. The molecule has 374 valence electrons. The predicted octanol–water partition coefficient (Wildman–Crippen LogP) is 15.8. The summed E-state index contributed by atoms with van der Waals surface area (Å²) in [6.07, 6.45) is 56.2. The minimum atomic E-state index is -4.37. The molecule has 0 saturated heterocycles. The highest BCUT2D eigenvalue weighted by molar-refractivity contribution is 7.47. The van der Waals surface area contributed by atoms with E-state index >= 15 is 0 Å². The third-order valence-corrected chi connectivity index (χ3v) is 12.4. The summed E-state index contributed by atoms with van der Waals surface area (Å²) in [5.74, 6) is -0.793. The second-order valence-corrected chi connectivity index (χ2v) is 20.3. The number of hydrogen-bond donors (Lipinski definition) is 1. The number of carbonyl (C=O) groups excluding carboxylic acids is 2. The smallest absolute Gasteiger partial charge is 0.462 e. The molecular weight excluding hydrogens is 822 g/mol. The molecule has 0 aromatic carbocycles. The Morgan fingerprint density at radius 1 is 0.500 bits per heavy atom. The average Bonchev–Trinajstić information content (AvgIpc) is 3.25. The molecule has 0 aliphatic carbocycles. The molecule has 2 atom stereocenters. The van der Waals surface area contributed by atoms with Crippen LogP contribution in [0.5, 0.6) is 0 Å². The minimum Gasteiger partial charge on any atom is -0.462 e. The fourth-order valence-electron chi connectivity index (χ4n) is 7.30. The molecule has 0 bridgehead atoms. The molecule has 0 aliphatic rings. The zero-order chi connectivity index (χ0) is 47.1. The highest BCUT2D eigenvalue weighted by Crippen LogP contribution is 2.43. The highest BCUT2D eigenvalue weighted by atomic mass is 31.2. The second kappa shape index (κ2) is 46.1. The van der Waals surface area contributed by atoms with Gasteiger partial charge in [0.2, 0.25) is 0 Å². The fourth-order valence-corrected chi connectivity index (χ4v) is 8.04. The fraction of sp³-hybridized carbons (Fsp3) is 0.815. The normalized spacial score (nSPS) is 13.8. The molecule has 64 heavy (non-hydrogen) atoms. The van der Waals surface area contributed by atoms with Crippen LogP contribution in [0, 0.1) is 0 Å². The maximum absolute atomic E-state index is 12.7. The summed E-state index contributed by atoms with van der Waals surface area (Å²) >= 11 is 0. The van der Waals surface area contributed by atoms with Crippen molar-refractivity contribution < 1.29 is 42.1 Å². The van der Waals surface area contributed by atoms with Crippen LogP contribution in [-0.4, -0.2) is 74.9 Å². The van der Waals surface area contributed by atoms with E-state index in [1.54, 1.807) is 0 Å². The monoisotopic (exact) mass is 923 g/mol. The molecule has 2 unspecified atom stereocenters. The number of rotatable bonds is 48. The number of phosphoric acid groups is 1. The Kier molecular flexibility index (Phi) is 44.6. The van der Waals surface area contributed by atoms with Crippen molar-refractivity contribution >= 4 is 19.8 Å². The zero-order valence-electron chi connectivity index (χ0n) is 42.3. The van der Waals surface area contributed by atoms with E-state index in [0.717, 1.165) is 57.8 Å². The predicted molar refractivity (Wildman–Crippen MR) is 270 cm³/mol. The van der Waals surface area contributed by atoms with Gasteiger partial charge in [0.15, 0.2) is 6.10 Å². The van der Waals surface area contributed by atoms with E-state index in [4.69, 9.17) is 18.5 Å². The van der Waals surface area contributed by atoms with Crippen molar-refractivity contribution in [3.8, 4) is 0 Å². The Hall–Kier alpha value is -2.03. The lowest BCUT2D eigenvalue weighted by Gasteiger charge is -2.24. The van der Waals surface area contributed by atoms with Crippen molar-refractivity contribution in [1.82, 2.24) is 0 Å². The molecule has 0 spiro atoms. The Balaban J connectivity index is 3.99. The van der Waals surface area contributed by atoms with Crippen LogP contribution in [0.15, 0.2) is 48.6 Å². The number of ether oxygens (including phenoxy) is 2. The maximum atomic E-state index is 12.7. The summed E-state index contributed by atoms with van der Waals surface area (Å²) in [5, 5.41) is 0. The summed E-state index contributed by atoms with van der Waals surface area (Å²) in [4.78, 5) is 35.4. The summed E-state index contributed by atoms with van der Waals surface area (Å²) < 4.78 is 34.4. The molecule has 0 aromatic rings. The first-order chi connectivity index (χ1) is 31.0. The van der Waals surface area contributed by atoms with Crippen LogP contribution in [0.3, 0.4) is 0 Å². The van der Waals surface area contributed by atoms with Gasteiger partial charge in [-0.2, -0.15) is 0 Å². The largest absolute Gasteiger partial charge is 0.472 e. The van der Waals surface area contributed by atoms with E-state index in [-0.39, 0.29) is 25.6 Å². The number of quaternary nitrogens is 1. The van der Waals surface area contributed by atoms with Crippen molar-refractivity contribution in [2.24, 2.45) is 0 Å². The van der Waals surface area contributed by atoms with Gasteiger partial charge in [-0.15, -0.1) is 0 Å². The van der Waals surface area contributed by atoms with Crippen LogP contribution >= 0.6 is 7.82 Å². The molecule has 0 rings (SSSR count). The van der Waals surface area contributed by atoms with Crippen LogP contribution < -0.4 is 0 Å². The van der Waals surface area contributed by atoms with Crippen LogP contribution in [-0.2, 0) is 32.7 Å². The molecule has 0 saturated carbocycles. The van der Waals surface area contributed by atoms with Gasteiger partial charge in [0.25, 0.3) is 0 Å². The summed E-state index contributed by atoms with van der Waals surface area (Å²) in [5.41, 5.74) is 0. The summed E-state index contributed by atoms with van der Waals surface area (Å²) in [7, 11) is 1.48. The highest BCUT2D eigenvalue weighted by Gasteiger charge is 2.27. The third kappa shape index (κ3) is 49.4. The van der Waals surface area contributed by atoms with Crippen molar-refractivity contribution in [2.45, 2.75) is 238 Å². The number of unbranched alkanes of at least 4 members (excludes halogenated alkanes) is 26. The van der Waals surface area contributed by atoms with Gasteiger partial charge in [-0.05, 0) is 51.4 Å². The van der Waals surface area contributed by atoms with E-state index in [1.165, 1.54) is 141 Å². The molecular formula is C54H101NO8P+. The molecule has 0 aromatic heterocycles. The first-order valence-corrected chi connectivity index (χ1v) is 27.9. The average molecular weight is 923 g/mol. The van der Waals surface area contributed by atoms with Crippen LogP contribution in [0.2, 0.25) is 0 Å². The first kappa shape index (κ1) is 62.0. The minimum absolute atomic E-state index is 0.0333. The van der Waals surface area contributed by atoms with Gasteiger partial charge in [-0.25, -0.2) is 4.57 Å². The number of likely N-dealkylation sites (N-methyl/N-ethyl adjacent to an activating group) is 1. The third-order valence-electron chi connectivity index (χ3n) is 11.4. The van der Waals surface area contributed by atoms with Gasteiger partial charge < -0.3 is 18.9 Å². The van der Waals surface area contributed by atoms with Crippen molar-refractivity contribution in [2.75, 3.05) is 47.5 Å². The Morgan fingerprint density at radius 3 is 1.33 bits per heavy atom. The molecule has 0 aliphatic heterocycles. The van der Waals surface area contributed by atoms with Gasteiger partial charge in [-0.1, -0.05) is 217 Å². The van der Waals surface area contributed by atoms with E-state index in [2.05, 4.69) is 62.5 Å². The lowest BCUT2D eigenvalue weighted by molar-refractivity contribution is -0.870. The van der Waals surface area contributed by atoms with E-state index in [1.807, 2.05) is 21.1 Å². The van der Waals surface area contributed by atoms with Crippen LogP contribution in [0.1, 0.15) is 232 Å². The zero-order valence-corrected chi connectivity index (χ0v) is 43.2. The standard InChI is InChI=1S/C54H100NO8P/c1-6-8-10-12-14-16-17-18-19-20-21-22-23-24-25-26-27-28-29-30-31-32-33-34-35-36-37-39-41-43-45-47-54(57)63-52(51-62-64(58,59)61-49-48-55(3,4)5)50-60-53(56)46-44-42-40-38-15-13-11-9-7-2/h8,10,14,16,18-19,21-22,52H,6-7,9,11-13,15,17,20,23-51H2,1-5H3/p+1/b10-8-,16-14-,19-18-,22-21-. The van der Waals surface area contributed by atoms with Gasteiger partial charge in [-0.3, -0.25) is 18.6 Å². The second-order valence-electron chi connectivity index (χ2n) is 18.9. The number of carbonyl (C=O) groups is 2. The molecule has 0 heterocycles. The quantitative estimate of drug-likeness (QED) is 0.0211. The van der Waals surface area contributed by atoms with E-state index in [0.29, 0.717) is 23.9 Å². The lowest BCUT2D eigenvalue weighted by atomic mass is 10.0. The molecule has 1 N–H and O–H groups in total. The Morgan fingerprint density at radius 2 is 0.891 bits per heavy atom. The van der Waals surface area contributed by atoms with Crippen molar-refractivity contribution in [3.05, 3.63) is 48.6 Å². The first-order valence-electron chi connectivity index (χ1n) is 26.4. The Labute approximate surface area is 394 Å². The summed E-state index contributed by atoms with van der Waals surface area (Å²) in [6.45, 7) is 4.31. The van der Waals surface area contributed by atoms with Crippen molar-refractivity contribution in [3.63, 3.8) is 0 Å². The van der Waals surface area contributed by atoms with Crippen LogP contribution in [0.25, 0.3) is 0 Å². The van der Waals surface area contributed by atoms with Gasteiger partial charge in [0.1, 0.15) is 19.8 Å². The maximum Gasteiger partial charge on any atom is 0.472 e. The number of esters is 2. The van der Waals surface area contributed by atoms with Gasteiger partial charge in [0.05, 0.1) is 27.7 Å². The molecule has 0 radical (unpaired) electrons. The molecule has 9 nitrogen and oxygen atoms in total. The molecule has 0 amide bonds. The topological polar surface area (TPSA) is 108 Å².